The highest BCUT2D eigenvalue weighted by molar-refractivity contribution is 7.99. The Morgan fingerprint density at radius 1 is 0.800 bits per heavy atom. The molecule has 0 atom stereocenters. The number of benzene rings is 3. The van der Waals surface area contributed by atoms with Gasteiger partial charge in [-0.3, -0.25) is 4.79 Å². The summed E-state index contributed by atoms with van der Waals surface area (Å²) >= 11 is 1.69. The van der Waals surface area contributed by atoms with Crippen molar-refractivity contribution in [3.05, 3.63) is 101 Å². The molecule has 3 aromatic carbocycles. The van der Waals surface area contributed by atoms with Crippen LogP contribution in [0.4, 0.5) is 0 Å². The van der Waals surface area contributed by atoms with E-state index in [1.807, 2.05) is 89.6 Å². The Kier molecular flexibility index (Phi) is 6.25. The first kappa shape index (κ1) is 19.9. The van der Waals surface area contributed by atoms with Gasteiger partial charge in [0.1, 0.15) is 5.75 Å². The minimum absolute atomic E-state index is 0.136. The van der Waals surface area contributed by atoms with Gasteiger partial charge >= 0.3 is 0 Å². The molecular weight excluding hydrogens is 396 g/mol. The molecule has 0 fully saturated rings. The second kappa shape index (κ2) is 9.41. The van der Waals surface area contributed by atoms with Crippen molar-refractivity contribution in [2.24, 2.45) is 0 Å². The van der Waals surface area contributed by atoms with Gasteiger partial charge in [0, 0.05) is 10.6 Å². The van der Waals surface area contributed by atoms with E-state index in [1.54, 1.807) is 23.6 Å². The van der Waals surface area contributed by atoms with Gasteiger partial charge in [0.15, 0.2) is 0 Å². The molecule has 0 spiro atoms. The molecule has 4 aromatic rings. The highest BCUT2D eigenvalue weighted by Gasteiger charge is 2.15. The molecule has 1 heterocycles. The van der Waals surface area contributed by atoms with Gasteiger partial charge in [0.25, 0.3) is 5.56 Å². The first-order chi connectivity index (χ1) is 14.8. The summed E-state index contributed by atoms with van der Waals surface area (Å²) in [5.41, 5.74) is 1.51. The van der Waals surface area contributed by atoms with E-state index in [2.05, 4.69) is 0 Å². The third kappa shape index (κ3) is 4.44. The molecule has 0 radical (unpaired) electrons. The van der Waals surface area contributed by atoms with Crippen LogP contribution >= 0.6 is 11.8 Å². The molecule has 152 valence electrons. The molecule has 6 heteroatoms. The van der Waals surface area contributed by atoms with E-state index in [1.165, 1.54) is 6.07 Å². The molecule has 0 N–H and O–H groups in total. The van der Waals surface area contributed by atoms with Crippen molar-refractivity contribution in [3.8, 4) is 23.0 Å². The van der Waals surface area contributed by atoms with Crippen molar-refractivity contribution in [2.75, 3.05) is 19.5 Å². The molecule has 30 heavy (non-hydrogen) atoms. The van der Waals surface area contributed by atoms with Gasteiger partial charge in [-0.25, -0.2) is 9.36 Å². The van der Waals surface area contributed by atoms with Crippen LogP contribution in [0.25, 0.3) is 11.4 Å². The molecule has 5 nitrogen and oxygen atoms in total. The van der Waals surface area contributed by atoms with Crippen molar-refractivity contribution in [3.63, 3.8) is 0 Å². The predicted molar refractivity (Wildman–Crippen MR) is 121 cm³/mol. The van der Waals surface area contributed by atoms with Gasteiger partial charge in [-0.15, -0.1) is 11.8 Å². The van der Waals surface area contributed by atoms with Crippen LogP contribution < -0.4 is 15.0 Å². The van der Waals surface area contributed by atoms with Gasteiger partial charge in [-0.05, 0) is 48.5 Å². The summed E-state index contributed by atoms with van der Waals surface area (Å²) in [6, 6.07) is 28.8. The number of thioether (sulfide) groups is 1. The molecule has 0 amide bonds. The Hall–Kier alpha value is -3.38. The minimum Gasteiger partial charge on any atom is -0.497 e. The van der Waals surface area contributed by atoms with Crippen molar-refractivity contribution in [2.45, 2.75) is 4.90 Å². The molecule has 0 aliphatic rings. The molecule has 0 saturated heterocycles. The lowest BCUT2D eigenvalue weighted by atomic mass is 10.3. The smallest absolute Gasteiger partial charge is 0.275 e. The fraction of sp³-hybridized carbons (Fsp3) is 0.125. The van der Waals surface area contributed by atoms with Crippen molar-refractivity contribution in [1.82, 2.24) is 9.36 Å². The van der Waals surface area contributed by atoms with Crippen molar-refractivity contribution < 1.29 is 9.47 Å². The lowest BCUT2D eigenvalue weighted by molar-refractivity contribution is 0.316. The van der Waals surface area contributed by atoms with Gasteiger partial charge in [-0.2, -0.15) is 0 Å². The van der Waals surface area contributed by atoms with Gasteiger partial charge < -0.3 is 9.47 Å². The Morgan fingerprint density at radius 2 is 1.40 bits per heavy atom. The largest absolute Gasteiger partial charge is 0.497 e. The lowest BCUT2D eigenvalue weighted by Crippen LogP contribution is -2.20. The Balaban J connectivity index is 1.55. The van der Waals surface area contributed by atoms with E-state index in [0.717, 1.165) is 27.8 Å². The highest BCUT2D eigenvalue weighted by Crippen LogP contribution is 2.23. The second-order valence-corrected chi connectivity index (χ2v) is 7.66. The standard InChI is InChI=1S/C24H22N2O3S/c1-28-21-12-14-22(15-13-21)30-17-16-29-24-18-23(27)25(19-8-4-2-5-9-19)26(24)20-10-6-3-7-11-20/h2-15,18H,16-17H2,1H3. The lowest BCUT2D eigenvalue weighted by Gasteiger charge is -2.15. The molecule has 0 aliphatic heterocycles. The fourth-order valence-corrected chi connectivity index (χ4v) is 3.86. The monoisotopic (exact) mass is 418 g/mol. The van der Waals surface area contributed by atoms with Crippen molar-refractivity contribution >= 4 is 11.8 Å². The second-order valence-electron chi connectivity index (χ2n) is 6.49. The first-order valence-corrected chi connectivity index (χ1v) is 10.6. The van der Waals surface area contributed by atoms with Crippen LogP contribution in [0.15, 0.2) is 101 Å². The highest BCUT2D eigenvalue weighted by atomic mass is 32.2. The number of ether oxygens (including phenoxy) is 2. The summed E-state index contributed by atoms with van der Waals surface area (Å²) in [6.07, 6.45) is 0. The zero-order valence-electron chi connectivity index (χ0n) is 16.6. The quantitative estimate of drug-likeness (QED) is 0.304. The topological polar surface area (TPSA) is 45.4 Å². The summed E-state index contributed by atoms with van der Waals surface area (Å²) in [4.78, 5) is 13.9. The Bertz CT molecular complexity index is 1140. The zero-order valence-corrected chi connectivity index (χ0v) is 17.4. The maximum atomic E-state index is 12.8. The summed E-state index contributed by atoms with van der Waals surface area (Å²) in [5.74, 6) is 2.11. The van der Waals surface area contributed by atoms with Crippen LogP contribution in [0.1, 0.15) is 0 Å². The number of aromatic nitrogens is 2. The third-order valence-corrected chi connectivity index (χ3v) is 5.50. The minimum atomic E-state index is -0.136. The van der Waals surface area contributed by atoms with Gasteiger partial charge in [0.05, 0.1) is 31.2 Å². The van der Waals surface area contributed by atoms with E-state index in [9.17, 15) is 4.79 Å². The van der Waals surface area contributed by atoms with E-state index >= 15 is 0 Å². The van der Waals surface area contributed by atoms with E-state index in [0.29, 0.717) is 12.5 Å². The van der Waals surface area contributed by atoms with Crippen LogP contribution in [0.2, 0.25) is 0 Å². The number of para-hydroxylation sites is 2. The number of rotatable bonds is 8. The van der Waals surface area contributed by atoms with E-state index in [4.69, 9.17) is 9.47 Å². The fourth-order valence-electron chi connectivity index (χ4n) is 3.13. The first-order valence-electron chi connectivity index (χ1n) is 9.62. The number of methoxy groups -OCH3 is 1. The van der Waals surface area contributed by atoms with E-state index < -0.39 is 0 Å². The third-order valence-electron chi connectivity index (χ3n) is 4.53. The normalized spacial score (nSPS) is 10.7. The average molecular weight is 419 g/mol. The molecule has 0 saturated carbocycles. The van der Waals surface area contributed by atoms with Crippen molar-refractivity contribution in [1.29, 1.82) is 0 Å². The molecule has 4 rings (SSSR count). The van der Waals surface area contributed by atoms with Crippen LogP contribution in [0.3, 0.4) is 0 Å². The van der Waals surface area contributed by atoms with Crippen LogP contribution in [0.5, 0.6) is 11.6 Å². The molecular formula is C24H22N2O3S. The van der Waals surface area contributed by atoms with Crippen LogP contribution in [-0.2, 0) is 0 Å². The molecule has 0 aliphatic carbocycles. The maximum absolute atomic E-state index is 12.8. The maximum Gasteiger partial charge on any atom is 0.275 e. The molecule has 0 unspecified atom stereocenters. The summed E-state index contributed by atoms with van der Waals surface area (Å²) in [7, 11) is 1.66. The molecule has 1 aromatic heterocycles. The number of hydrogen-bond acceptors (Lipinski definition) is 4. The average Bonchev–Trinajstić information content (AvgIpc) is 3.14. The Morgan fingerprint density at radius 3 is 2.00 bits per heavy atom. The summed E-state index contributed by atoms with van der Waals surface area (Å²) in [6.45, 7) is 0.474. The zero-order chi connectivity index (χ0) is 20.8. The van der Waals surface area contributed by atoms with Gasteiger partial charge in [0.2, 0.25) is 5.88 Å². The number of hydrogen-bond donors (Lipinski definition) is 0. The summed E-state index contributed by atoms with van der Waals surface area (Å²) < 4.78 is 14.7. The Labute approximate surface area is 179 Å². The van der Waals surface area contributed by atoms with Crippen LogP contribution in [0, 0.1) is 0 Å². The SMILES string of the molecule is COc1ccc(SCCOc2cc(=O)n(-c3ccccc3)n2-c2ccccc2)cc1. The summed E-state index contributed by atoms with van der Waals surface area (Å²) in [5, 5.41) is 0. The van der Waals surface area contributed by atoms with Crippen LogP contribution in [-0.4, -0.2) is 28.8 Å². The molecule has 0 bridgehead atoms. The predicted octanol–water partition coefficient (Wildman–Crippen LogP) is 4.81. The van der Waals surface area contributed by atoms with E-state index in [-0.39, 0.29) is 5.56 Å². The van der Waals surface area contributed by atoms with Gasteiger partial charge in [-0.1, -0.05) is 36.4 Å². The number of nitrogens with zero attached hydrogens (tertiary/aromatic N) is 2.